The van der Waals surface area contributed by atoms with Crippen molar-refractivity contribution in [3.63, 3.8) is 0 Å². The summed E-state index contributed by atoms with van der Waals surface area (Å²) >= 11 is 7.33. The Morgan fingerprint density at radius 3 is 2.42 bits per heavy atom. The van der Waals surface area contributed by atoms with Gasteiger partial charge in [-0.25, -0.2) is 0 Å². The third-order valence-electron chi connectivity index (χ3n) is 4.25. The van der Waals surface area contributed by atoms with E-state index in [1.54, 1.807) is 53.9 Å². The summed E-state index contributed by atoms with van der Waals surface area (Å²) in [7, 11) is 0. The highest BCUT2D eigenvalue weighted by Gasteiger charge is 2.17. The number of esters is 1. The predicted octanol–water partition coefficient (Wildman–Crippen LogP) is 4.78. The van der Waals surface area contributed by atoms with E-state index >= 15 is 0 Å². The van der Waals surface area contributed by atoms with Gasteiger partial charge in [0.15, 0.2) is 18.2 Å². The lowest BCUT2D eigenvalue weighted by Gasteiger charge is -2.11. The van der Waals surface area contributed by atoms with E-state index in [1.165, 1.54) is 23.5 Å². The van der Waals surface area contributed by atoms with Crippen LogP contribution in [-0.2, 0) is 14.3 Å². The number of benzene rings is 2. The van der Waals surface area contributed by atoms with Crippen molar-refractivity contribution in [3.8, 4) is 0 Å². The number of anilines is 1. The number of carbonyl (C=O) groups excluding carboxylic acids is 4. The zero-order valence-corrected chi connectivity index (χ0v) is 17.9. The highest BCUT2D eigenvalue weighted by Crippen LogP contribution is 2.24. The van der Waals surface area contributed by atoms with Gasteiger partial charge in [0.05, 0.1) is 17.0 Å². The molecule has 2 aromatic carbocycles. The van der Waals surface area contributed by atoms with Crippen molar-refractivity contribution in [2.45, 2.75) is 12.8 Å². The fourth-order valence-corrected chi connectivity index (χ4v) is 3.61. The van der Waals surface area contributed by atoms with Crippen LogP contribution in [0.5, 0.6) is 0 Å². The van der Waals surface area contributed by atoms with Crippen LogP contribution in [0.1, 0.15) is 38.4 Å². The van der Waals surface area contributed by atoms with E-state index in [0.717, 1.165) is 0 Å². The van der Waals surface area contributed by atoms with Crippen LogP contribution in [0.4, 0.5) is 5.69 Å². The molecule has 31 heavy (non-hydrogen) atoms. The molecule has 0 radical (unpaired) electrons. The quantitative estimate of drug-likeness (QED) is 0.370. The molecule has 8 heteroatoms. The van der Waals surface area contributed by atoms with Crippen LogP contribution < -0.4 is 5.32 Å². The molecule has 3 aromatic rings. The van der Waals surface area contributed by atoms with Gasteiger partial charge in [-0.1, -0.05) is 48.0 Å². The van der Waals surface area contributed by atoms with Gasteiger partial charge in [0.1, 0.15) is 0 Å². The molecule has 1 aromatic heterocycles. The van der Waals surface area contributed by atoms with Crippen molar-refractivity contribution in [1.29, 1.82) is 0 Å². The number of ketones is 2. The molecule has 0 fully saturated rings. The van der Waals surface area contributed by atoms with Crippen molar-refractivity contribution in [3.05, 3.63) is 87.1 Å². The monoisotopic (exact) mass is 455 g/mol. The second-order valence-corrected chi connectivity index (χ2v) is 7.88. The first-order valence-electron chi connectivity index (χ1n) is 9.35. The fourth-order valence-electron chi connectivity index (χ4n) is 2.74. The van der Waals surface area contributed by atoms with Crippen molar-refractivity contribution in [2.24, 2.45) is 0 Å². The second-order valence-electron chi connectivity index (χ2n) is 6.49. The molecule has 1 heterocycles. The Morgan fingerprint density at radius 1 is 0.935 bits per heavy atom. The number of carbonyl (C=O) groups is 4. The number of amides is 1. The molecule has 0 saturated heterocycles. The third-order valence-corrected chi connectivity index (χ3v) is 5.40. The Morgan fingerprint density at radius 2 is 1.71 bits per heavy atom. The summed E-state index contributed by atoms with van der Waals surface area (Å²) < 4.78 is 4.94. The molecule has 158 valence electrons. The number of thiophene rings is 1. The Kier molecular flexibility index (Phi) is 7.70. The largest absolute Gasteiger partial charge is 0.456 e. The van der Waals surface area contributed by atoms with Crippen LogP contribution in [0.15, 0.2) is 66.0 Å². The van der Waals surface area contributed by atoms with Crippen molar-refractivity contribution >= 4 is 52.1 Å². The Balaban J connectivity index is 1.56. The van der Waals surface area contributed by atoms with Gasteiger partial charge in [-0.05, 0) is 29.6 Å². The van der Waals surface area contributed by atoms with Gasteiger partial charge in [-0.3, -0.25) is 19.2 Å². The minimum Gasteiger partial charge on any atom is -0.456 e. The van der Waals surface area contributed by atoms with Crippen LogP contribution in [0.2, 0.25) is 5.02 Å². The normalized spacial score (nSPS) is 10.4. The summed E-state index contributed by atoms with van der Waals surface area (Å²) in [4.78, 5) is 49.4. The van der Waals surface area contributed by atoms with Crippen molar-refractivity contribution in [2.75, 3.05) is 11.9 Å². The Labute approximate surface area is 187 Å². The second kappa shape index (κ2) is 10.7. The van der Waals surface area contributed by atoms with Crippen LogP contribution in [0.3, 0.4) is 0 Å². The molecule has 1 amide bonds. The molecule has 0 bridgehead atoms. The van der Waals surface area contributed by atoms with Gasteiger partial charge in [-0.2, -0.15) is 0 Å². The molecule has 0 spiro atoms. The molecule has 0 atom stereocenters. The van der Waals surface area contributed by atoms with E-state index < -0.39 is 18.5 Å². The Bertz CT molecular complexity index is 1100. The number of halogens is 1. The average molecular weight is 456 g/mol. The Hall–Kier alpha value is -3.29. The summed E-state index contributed by atoms with van der Waals surface area (Å²) in [5.74, 6) is -1.72. The van der Waals surface area contributed by atoms with Gasteiger partial charge < -0.3 is 10.1 Å². The minimum absolute atomic E-state index is 0.00781. The first-order chi connectivity index (χ1) is 14.9. The molecule has 3 rings (SSSR count). The first-order valence-corrected chi connectivity index (χ1v) is 10.6. The number of hydrogen-bond acceptors (Lipinski definition) is 6. The summed E-state index contributed by atoms with van der Waals surface area (Å²) in [5, 5.41) is 4.70. The molecule has 0 aliphatic heterocycles. The average Bonchev–Trinajstić information content (AvgIpc) is 3.32. The molecule has 0 unspecified atom stereocenters. The highest BCUT2D eigenvalue weighted by molar-refractivity contribution is 7.12. The van der Waals surface area contributed by atoms with Gasteiger partial charge in [0.25, 0.3) is 5.91 Å². The lowest BCUT2D eigenvalue weighted by molar-refractivity contribution is -0.147. The maximum absolute atomic E-state index is 12.8. The summed E-state index contributed by atoms with van der Waals surface area (Å²) in [6, 6.07) is 16.5. The zero-order valence-electron chi connectivity index (χ0n) is 16.3. The number of nitrogens with one attached hydrogen (secondary N) is 1. The maximum Gasteiger partial charge on any atom is 0.306 e. The van der Waals surface area contributed by atoms with Crippen molar-refractivity contribution < 1.29 is 23.9 Å². The van der Waals surface area contributed by atoms with Gasteiger partial charge in [0, 0.05) is 22.6 Å². The van der Waals surface area contributed by atoms with Gasteiger partial charge in [0.2, 0.25) is 0 Å². The standard InChI is InChI=1S/C23H18ClNO5S/c24-16-8-9-18(17(13-16)23(29)15-5-2-1-3-6-15)25-21(27)14-30-22(28)11-10-19(26)20-7-4-12-31-20/h1-9,12-13H,10-11,14H2,(H,25,27). The lowest BCUT2D eigenvalue weighted by atomic mass is 10.0. The molecular weight excluding hydrogens is 438 g/mol. The fraction of sp³-hybridized carbons (Fsp3) is 0.130. The van der Waals surface area contributed by atoms with Crippen LogP contribution in [-0.4, -0.2) is 30.0 Å². The van der Waals surface area contributed by atoms with Crippen molar-refractivity contribution in [1.82, 2.24) is 0 Å². The lowest BCUT2D eigenvalue weighted by Crippen LogP contribution is -2.22. The predicted molar refractivity (Wildman–Crippen MR) is 119 cm³/mol. The molecule has 0 aliphatic carbocycles. The summed E-state index contributed by atoms with van der Waals surface area (Å²) in [5.41, 5.74) is 0.925. The van der Waals surface area contributed by atoms with E-state index in [0.29, 0.717) is 15.5 Å². The maximum atomic E-state index is 12.8. The molecule has 0 aliphatic rings. The minimum atomic E-state index is -0.656. The van der Waals surface area contributed by atoms with Crippen LogP contribution in [0, 0.1) is 0 Å². The van der Waals surface area contributed by atoms with E-state index in [2.05, 4.69) is 5.32 Å². The van der Waals surface area contributed by atoms with E-state index in [1.807, 2.05) is 0 Å². The first kappa shape index (κ1) is 22.4. The van der Waals surface area contributed by atoms with Crippen LogP contribution >= 0.6 is 22.9 Å². The summed E-state index contributed by atoms with van der Waals surface area (Å²) in [6.07, 6.45) is -0.115. The third kappa shape index (κ3) is 6.34. The molecular formula is C23H18ClNO5S. The summed E-state index contributed by atoms with van der Waals surface area (Å²) in [6.45, 7) is -0.534. The van der Waals surface area contributed by atoms with E-state index in [4.69, 9.17) is 16.3 Å². The molecule has 0 saturated carbocycles. The van der Waals surface area contributed by atoms with Gasteiger partial charge in [-0.15, -0.1) is 11.3 Å². The number of rotatable bonds is 9. The molecule has 6 nitrogen and oxygen atoms in total. The highest BCUT2D eigenvalue weighted by atomic mass is 35.5. The SMILES string of the molecule is O=C(COC(=O)CCC(=O)c1cccs1)Nc1ccc(Cl)cc1C(=O)c1ccccc1. The number of Topliss-reactive ketones (excluding diaryl/α,β-unsaturated/α-hetero) is 1. The zero-order chi connectivity index (χ0) is 22.2. The van der Waals surface area contributed by atoms with Crippen LogP contribution in [0.25, 0.3) is 0 Å². The van der Waals surface area contributed by atoms with E-state index in [-0.39, 0.29) is 35.7 Å². The topological polar surface area (TPSA) is 89.5 Å². The number of hydrogen-bond donors (Lipinski definition) is 1. The molecule has 1 N–H and O–H groups in total. The smallest absolute Gasteiger partial charge is 0.306 e. The number of ether oxygens (including phenoxy) is 1. The van der Waals surface area contributed by atoms with Gasteiger partial charge >= 0.3 is 5.97 Å². The van der Waals surface area contributed by atoms with E-state index in [9.17, 15) is 19.2 Å².